The van der Waals surface area contributed by atoms with Crippen LogP contribution in [0.25, 0.3) is 22.3 Å². The minimum Gasteiger partial charge on any atom is -0.492 e. The van der Waals surface area contributed by atoms with Gasteiger partial charge >= 0.3 is 0 Å². The molecule has 3 aromatic rings. The Bertz CT molecular complexity index is 1330. The van der Waals surface area contributed by atoms with Gasteiger partial charge in [0.25, 0.3) is 5.91 Å². The van der Waals surface area contributed by atoms with Crippen LogP contribution in [0.1, 0.15) is 60.1 Å². The third-order valence-electron chi connectivity index (χ3n) is 7.27. The Morgan fingerprint density at radius 2 is 1.78 bits per heavy atom. The van der Waals surface area contributed by atoms with Crippen molar-refractivity contribution in [2.45, 2.75) is 64.5 Å². The van der Waals surface area contributed by atoms with Crippen molar-refractivity contribution in [3.05, 3.63) is 41.1 Å². The first kappa shape index (κ1) is 25.1. The largest absolute Gasteiger partial charge is 0.492 e. The zero-order valence-electron chi connectivity index (χ0n) is 21.1. The number of aromatic nitrogens is 3. The summed E-state index contributed by atoms with van der Waals surface area (Å²) < 4.78 is 21.4. The van der Waals surface area contributed by atoms with Gasteiger partial charge in [-0.15, -0.1) is 0 Å². The summed E-state index contributed by atoms with van der Waals surface area (Å²) >= 11 is 0. The number of carbonyl (C=O) groups excluding carboxylic acids is 2. The number of H-pyrrole nitrogens is 1. The summed E-state index contributed by atoms with van der Waals surface area (Å²) in [5.41, 5.74) is 3.05. The van der Waals surface area contributed by atoms with E-state index in [2.05, 4.69) is 25.6 Å². The van der Waals surface area contributed by atoms with Crippen molar-refractivity contribution in [3.63, 3.8) is 0 Å². The van der Waals surface area contributed by atoms with Crippen LogP contribution in [-0.4, -0.2) is 57.2 Å². The molecule has 0 atom stereocenters. The quantitative estimate of drug-likeness (QED) is 0.369. The lowest BCUT2D eigenvalue weighted by Crippen LogP contribution is -2.44. The van der Waals surface area contributed by atoms with Crippen LogP contribution in [0.15, 0.2) is 18.5 Å². The Morgan fingerprint density at radius 1 is 1.08 bits per heavy atom. The number of hydrogen-bond acceptors (Lipinski definition) is 6. The van der Waals surface area contributed by atoms with Crippen LogP contribution in [0, 0.1) is 25.6 Å². The van der Waals surface area contributed by atoms with Crippen LogP contribution in [0.4, 0.5) is 4.39 Å². The van der Waals surface area contributed by atoms with Gasteiger partial charge in [0.05, 0.1) is 23.3 Å². The molecule has 37 heavy (non-hydrogen) atoms. The van der Waals surface area contributed by atoms with E-state index in [-0.39, 0.29) is 29.5 Å². The number of benzene rings is 1. The summed E-state index contributed by atoms with van der Waals surface area (Å²) in [6.07, 6.45) is 6.44. The highest BCUT2D eigenvalue weighted by molar-refractivity contribution is 6.09. The number of halogens is 1. The number of nitrogens with zero attached hydrogens (tertiary/aromatic N) is 2. The molecule has 2 aliphatic carbocycles. The first-order valence-corrected chi connectivity index (χ1v) is 12.8. The summed E-state index contributed by atoms with van der Waals surface area (Å²) in [5, 5.41) is 14.8. The van der Waals surface area contributed by atoms with Crippen LogP contribution < -0.4 is 15.4 Å². The highest BCUT2D eigenvalue weighted by Gasteiger charge is 2.28. The van der Waals surface area contributed by atoms with Gasteiger partial charge in [-0.25, -0.2) is 14.4 Å². The fourth-order valence-corrected chi connectivity index (χ4v) is 5.00. The summed E-state index contributed by atoms with van der Waals surface area (Å²) in [7, 11) is 0. The molecule has 0 spiro atoms. The maximum absolute atomic E-state index is 15.5. The predicted octanol–water partition coefficient (Wildman–Crippen LogP) is 3.32. The van der Waals surface area contributed by atoms with Crippen molar-refractivity contribution in [2.75, 3.05) is 13.2 Å². The molecular weight excluding hydrogens is 477 g/mol. The van der Waals surface area contributed by atoms with Crippen molar-refractivity contribution >= 4 is 22.8 Å². The SMILES string of the molecule is Cc1ccc(OCC2CC2)c(-c2ncnc3c(C(=O)N[C@H]4CC[C@H](NC(=O)CO)CC4)c(C)[nH]c23)c1F. The fraction of sp³-hybridized carbons (Fsp3) is 0.481. The van der Waals surface area contributed by atoms with Gasteiger partial charge in [-0.1, -0.05) is 6.07 Å². The molecule has 0 bridgehead atoms. The lowest BCUT2D eigenvalue weighted by molar-refractivity contribution is -0.124. The molecule has 2 aromatic heterocycles. The zero-order valence-corrected chi connectivity index (χ0v) is 21.1. The number of aromatic amines is 1. The Hall–Kier alpha value is -3.53. The molecule has 2 heterocycles. The van der Waals surface area contributed by atoms with Gasteiger partial charge < -0.3 is 25.5 Å². The number of nitrogens with one attached hydrogen (secondary N) is 3. The molecule has 0 radical (unpaired) electrons. The van der Waals surface area contributed by atoms with E-state index in [1.165, 1.54) is 6.33 Å². The molecular formula is C27H32FN5O4. The average molecular weight is 510 g/mol. The molecule has 2 amide bonds. The van der Waals surface area contributed by atoms with Crippen molar-refractivity contribution in [1.82, 2.24) is 25.6 Å². The van der Waals surface area contributed by atoms with Crippen LogP contribution in [0.3, 0.4) is 0 Å². The normalized spacial score (nSPS) is 19.6. The van der Waals surface area contributed by atoms with Gasteiger partial charge in [0.2, 0.25) is 5.91 Å². The summed E-state index contributed by atoms with van der Waals surface area (Å²) in [6.45, 7) is 3.50. The number of aliphatic hydroxyl groups is 1. The van der Waals surface area contributed by atoms with Gasteiger partial charge in [0, 0.05) is 17.8 Å². The molecule has 9 nitrogen and oxygen atoms in total. The molecule has 0 unspecified atom stereocenters. The molecule has 196 valence electrons. The van der Waals surface area contributed by atoms with Crippen molar-refractivity contribution in [1.29, 1.82) is 0 Å². The lowest BCUT2D eigenvalue weighted by Gasteiger charge is -2.29. The monoisotopic (exact) mass is 509 g/mol. The van der Waals surface area contributed by atoms with Gasteiger partial charge in [-0.2, -0.15) is 0 Å². The lowest BCUT2D eigenvalue weighted by atomic mass is 9.91. The van der Waals surface area contributed by atoms with E-state index in [9.17, 15) is 9.59 Å². The van der Waals surface area contributed by atoms with Gasteiger partial charge in [-0.05, 0) is 69.9 Å². The van der Waals surface area contributed by atoms with Gasteiger partial charge in [0.15, 0.2) is 0 Å². The second-order valence-corrected chi connectivity index (χ2v) is 10.1. The minimum atomic E-state index is -0.527. The highest BCUT2D eigenvalue weighted by atomic mass is 19.1. The number of aryl methyl sites for hydroxylation is 2. The number of hydrogen-bond donors (Lipinski definition) is 4. The van der Waals surface area contributed by atoms with E-state index >= 15 is 4.39 Å². The topological polar surface area (TPSA) is 129 Å². The molecule has 0 aliphatic heterocycles. The molecule has 5 rings (SSSR count). The third-order valence-corrected chi connectivity index (χ3v) is 7.27. The summed E-state index contributed by atoms with van der Waals surface area (Å²) in [6, 6.07) is 3.42. The minimum absolute atomic E-state index is 0.00141. The second kappa shape index (κ2) is 10.5. The number of aliphatic hydroxyl groups excluding tert-OH is 1. The first-order chi connectivity index (χ1) is 17.9. The summed E-state index contributed by atoms with van der Waals surface area (Å²) in [5.74, 6) is -0.115. The molecule has 2 fully saturated rings. The number of fused-ring (bicyclic) bond motifs is 1. The Labute approximate surface area is 214 Å². The van der Waals surface area contributed by atoms with Crippen molar-refractivity contribution in [2.24, 2.45) is 5.92 Å². The highest BCUT2D eigenvalue weighted by Crippen LogP contribution is 2.39. The van der Waals surface area contributed by atoms with Gasteiger partial charge in [0.1, 0.15) is 35.7 Å². The zero-order chi connectivity index (χ0) is 26.1. The van der Waals surface area contributed by atoms with Gasteiger partial charge in [-0.3, -0.25) is 9.59 Å². The van der Waals surface area contributed by atoms with E-state index in [0.29, 0.717) is 77.5 Å². The van der Waals surface area contributed by atoms with E-state index in [4.69, 9.17) is 9.84 Å². The van der Waals surface area contributed by atoms with Crippen LogP contribution in [-0.2, 0) is 4.79 Å². The molecule has 2 aliphatic rings. The van der Waals surface area contributed by atoms with Crippen molar-refractivity contribution < 1.29 is 23.8 Å². The van der Waals surface area contributed by atoms with Crippen molar-refractivity contribution in [3.8, 4) is 17.0 Å². The average Bonchev–Trinajstić information content (AvgIpc) is 3.65. The third kappa shape index (κ3) is 5.29. The molecule has 2 saturated carbocycles. The fourth-order valence-electron chi connectivity index (χ4n) is 5.00. The maximum Gasteiger partial charge on any atom is 0.255 e. The standard InChI is InChI=1S/C27H32FN5O4/c1-14-3-10-19(37-12-16-4-5-16)22(23(14)28)25-26-24(29-13-30-25)21(15(2)31-26)27(36)33-18-8-6-17(7-9-18)32-20(35)11-34/h3,10,13,16-18,31,34H,4-9,11-12H2,1-2H3,(H,32,35)(H,33,36)/t17-,18-. The molecule has 1 aromatic carbocycles. The predicted molar refractivity (Wildman–Crippen MR) is 136 cm³/mol. The molecule has 10 heteroatoms. The number of amides is 2. The smallest absolute Gasteiger partial charge is 0.255 e. The Balaban J connectivity index is 1.40. The molecule has 4 N–H and O–H groups in total. The Morgan fingerprint density at radius 3 is 2.46 bits per heavy atom. The second-order valence-electron chi connectivity index (χ2n) is 10.1. The number of ether oxygens (including phenoxy) is 1. The maximum atomic E-state index is 15.5. The Kier molecular flexibility index (Phi) is 7.10. The van der Waals surface area contributed by atoms with E-state index < -0.39 is 12.4 Å². The van der Waals surface area contributed by atoms with E-state index in [1.807, 2.05) is 0 Å². The van der Waals surface area contributed by atoms with E-state index in [0.717, 1.165) is 12.8 Å². The van der Waals surface area contributed by atoms with Crippen LogP contribution >= 0.6 is 0 Å². The summed E-state index contributed by atoms with van der Waals surface area (Å²) in [4.78, 5) is 36.8. The van der Waals surface area contributed by atoms with E-state index in [1.54, 1.807) is 26.0 Å². The number of rotatable bonds is 8. The van der Waals surface area contributed by atoms with Crippen LogP contribution in [0.5, 0.6) is 5.75 Å². The first-order valence-electron chi connectivity index (χ1n) is 12.8. The van der Waals surface area contributed by atoms with Crippen LogP contribution in [0.2, 0.25) is 0 Å². The number of carbonyl (C=O) groups is 2. The molecule has 0 saturated heterocycles.